The Morgan fingerprint density at radius 3 is 2.68 bits per heavy atom. The molecule has 0 N–H and O–H groups in total. The highest BCUT2D eigenvalue weighted by molar-refractivity contribution is 14.1. The molecule has 104 valence electrons. The van der Waals surface area contributed by atoms with Gasteiger partial charge in [-0.05, 0) is 53.6 Å². The quantitative estimate of drug-likeness (QED) is 0.515. The molecule has 1 amide bonds. The van der Waals surface area contributed by atoms with Crippen molar-refractivity contribution in [3.05, 3.63) is 32.4 Å². The number of nitrogens with zero attached hydrogens (tertiary/aromatic N) is 1. The van der Waals surface area contributed by atoms with Gasteiger partial charge < -0.3 is 4.90 Å². The highest BCUT2D eigenvalue weighted by atomic mass is 127. The van der Waals surface area contributed by atoms with E-state index in [0.717, 1.165) is 29.3 Å². The average Bonchev–Trinajstić information content (AvgIpc) is 2.41. The molecule has 2 atom stereocenters. The van der Waals surface area contributed by atoms with Crippen LogP contribution in [0.2, 0.25) is 5.02 Å². The molecule has 2 rings (SSSR count). The Bertz CT molecular complexity index is 481. The van der Waals surface area contributed by atoms with Gasteiger partial charge in [0.25, 0.3) is 5.91 Å². The van der Waals surface area contributed by atoms with Crippen molar-refractivity contribution in [3.63, 3.8) is 0 Å². The van der Waals surface area contributed by atoms with E-state index in [-0.39, 0.29) is 17.3 Å². The van der Waals surface area contributed by atoms with Crippen LogP contribution in [-0.2, 0) is 0 Å². The fourth-order valence-corrected chi connectivity index (χ4v) is 3.45. The lowest BCUT2D eigenvalue weighted by Crippen LogP contribution is -2.44. The summed E-state index contributed by atoms with van der Waals surface area (Å²) in [6, 6.07) is 5.54. The fourth-order valence-electron chi connectivity index (χ4n) is 2.49. The predicted octanol–water partition coefficient (Wildman–Crippen LogP) is 4.57. The second kappa shape index (κ2) is 6.64. The van der Waals surface area contributed by atoms with Gasteiger partial charge in [-0.15, -0.1) is 11.6 Å². The molecule has 0 spiro atoms. The van der Waals surface area contributed by atoms with Crippen LogP contribution < -0.4 is 0 Å². The van der Waals surface area contributed by atoms with Gasteiger partial charge in [0, 0.05) is 22.2 Å². The van der Waals surface area contributed by atoms with Gasteiger partial charge in [0.15, 0.2) is 0 Å². The van der Waals surface area contributed by atoms with Crippen LogP contribution in [0.4, 0.5) is 0 Å². The summed E-state index contributed by atoms with van der Waals surface area (Å²) in [5.74, 6) is -0.00384. The minimum Gasteiger partial charge on any atom is -0.337 e. The Morgan fingerprint density at radius 1 is 1.37 bits per heavy atom. The summed E-state index contributed by atoms with van der Waals surface area (Å²) >= 11 is 14.6. The molecule has 1 fully saturated rings. The van der Waals surface area contributed by atoms with E-state index in [9.17, 15) is 4.79 Å². The largest absolute Gasteiger partial charge is 0.337 e. The number of carbonyl (C=O) groups is 1. The van der Waals surface area contributed by atoms with Crippen molar-refractivity contribution in [2.24, 2.45) is 0 Å². The zero-order chi connectivity index (χ0) is 14.0. The van der Waals surface area contributed by atoms with Crippen LogP contribution >= 0.6 is 45.8 Å². The van der Waals surface area contributed by atoms with Gasteiger partial charge in [0.1, 0.15) is 0 Å². The Labute approximate surface area is 137 Å². The normalized spacial score (nSPS) is 23.2. The molecule has 1 aliphatic rings. The van der Waals surface area contributed by atoms with Gasteiger partial charge in [-0.3, -0.25) is 4.79 Å². The molecular weight excluding hydrogens is 396 g/mol. The van der Waals surface area contributed by atoms with E-state index in [1.807, 2.05) is 19.2 Å². The topological polar surface area (TPSA) is 20.3 Å². The number of halogens is 3. The molecule has 0 heterocycles. The highest BCUT2D eigenvalue weighted by Crippen LogP contribution is 2.28. The van der Waals surface area contributed by atoms with Gasteiger partial charge in [-0.25, -0.2) is 0 Å². The minimum atomic E-state index is -0.00384. The van der Waals surface area contributed by atoms with Crippen LogP contribution in [0.15, 0.2) is 18.2 Å². The third kappa shape index (κ3) is 3.56. The summed E-state index contributed by atoms with van der Waals surface area (Å²) in [5, 5.41) is 0.674. The summed E-state index contributed by atoms with van der Waals surface area (Å²) in [4.78, 5) is 14.2. The maximum Gasteiger partial charge on any atom is 0.253 e. The zero-order valence-corrected chi connectivity index (χ0v) is 14.4. The molecule has 1 aromatic carbocycles. The van der Waals surface area contributed by atoms with Crippen molar-refractivity contribution in [1.82, 2.24) is 4.90 Å². The van der Waals surface area contributed by atoms with Crippen molar-refractivity contribution in [3.8, 4) is 0 Å². The minimum absolute atomic E-state index is 0.00384. The van der Waals surface area contributed by atoms with Crippen LogP contribution in [0, 0.1) is 3.57 Å². The SMILES string of the molecule is CN(C(=O)c1ccc(I)c(Cl)c1)C1CCCCC1Cl. The second-order valence-electron chi connectivity index (χ2n) is 4.91. The van der Waals surface area contributed by atoms with E-state index < -0.39 is 0 Å². The van der Waals surface area contributed by atoms with Gasteiger partial charge in [0.2, 0.25) is 0 Å². The lowest BCUT2D eigenvalue weighted by atomic mass is 9.93. The molecule has 5 heteroatoms. The Kier molecular flexibility index (Phi) is 5.37. The summed E-state index contributed by atoms with van der Waals surface area (Å²) < 4.78 is 0.950. The number of hydrogen-bond acceptors (Lipinski definition) is 1. The summed E-state index contributed by atoms with van der Waals surface area (Å²) in [6.07, 6.45) is 4.26. The van der Waals surface area contributed by atoms with Crippen LogP contribution in [0.5, 0.6) is 0 Å². The van der Waals surface area contributed by atoms with Crippen LogP contribution in [0.25, 0.3) is 0 Å². The lowest BCUT2D eigenvalue weighted by Gasteiger charge is -2.35. The molecule has 0 aromatic heterocycles. The monoisotopic (exact) mass is 411 g/mol. The van der Waals surface area contributed by atoms with E-state index in [1.165, 1.54) is 0 Å². The van der Waals surface area contributed by atoms with Crippen molar-refractivity contribution in [2.75, 3.05) is 7.05 Å². The number of hydrogen-bond donors (Lipinski definition) is 0. The lowest BCUT2D eigenvalue weighted by molar-refractivity contribution is 0.0700. The van der Waals surface area contributed by atoms with Crippen LogP contribution in [0.3, 0.4) is 0 Å². The van der Waals surface area contributed by atoms with E-state index >= 15 is 0 Å². The first-order valence-electron chi connectivity index (χ1n) is 6.37. The molecule has 1 saturated carbocycles. The number of carbonyl (C=O) groups excluding carboxylic acids is 1. The van der Waals surface area contributed by atoms with Crippen molar-refractivity contribution < 1.29 is 4.79 Å². The Morgan fingerprint density at radius 2 is 2.05 bits per heavy atom. The standard InChI is InChI=1S/C14H16Cl2INO/c1-18(13-5-3-2-4-10(13)15)14(19)9-6-7-12(17)11(16)8-9/h6-8,10,13H,2-5H2,1H3. The summed E-state index contributed by atoms with van der Waals surface area (Å²) in [7, 11) is 1.83. The first-order chi connectivity index (χ1) is 9.00. The third-order valence-corrected chi connectivity index (χ3v) is 5.71. The maximum atomic E-state index is 12.5. The van der Waals surface area contributed by atoms with Gasteiger partial charge >= 0.3 is 0 Å². The zero-order valence-electron chi connectivity index (χ0n) is 10.7. The highest BCUT2D eigenvalue weighted by Gasteiger charge is 2.29. The van der Waals surface area contributed by atoms with E-state index in [4.69, 9.17) is 23.2 Å². The van der Waals surface area contributed by atoms with Crippen molar-refractivity contribution in [1.29, 1.82) is 0 Å². The number of alkyl halides is 1. The third-order valence-electron chi connectivity index (χ3n) is 3.63. The smallest absolute Gasteiger partial charge is 0.253 e. The van der Waals surface area contributed by atoms with E-state index in [2.05, 4.69) is 22.6 Å². The molecule has 2 unspecified atom stereocenters. The van der Waals surface area contributed by atoms with Gasteiger partial charge in [-0.2, -0.15) is 0 Å². The number of benzene rings is 1. The van der Waals surface area contributed by atoms with Crippen molar-refractivity contribution >= 4 is 51.7 Å². The summed E-state index contributed by atoms with van der Waals surface area (Å²) in [6.45, 7) is 0. The first-order valence-corrected chi connectivity index (χ1v) is 8.26. The Balaban J connectivity index is 2.15. The molecule has 2 nitrogen and oxygen atoms in total. The van der Waals surface area contributed by atoms with E-state index in [1.54, 1.807) is 11.0 Å². The van der Waals surface area contributed by atoms with Gasteiger partial charge in [0.05, 0.1) is 10.4 Å². The molecule has 0 bridgehead atoms. The fraction of sp³-hybridized carbons (Fsp3) is 0.500. The molecule has 0 radical (unpaired) electrons. The number of amides is 1. The molecule has 1 aliphatic carbocycles. The van der Waals surface area contributed by atoms with Crippen LogP contribution in [0.1, 0.15) is 36.0 Å². The first kappa shape index (κ1) is 15.4. The maximum absolute atomic E-state index is 12.5. The molecule has 1 aromatic rings. The number of rotatable bonds is 2. The Hall–Kier alpha value is -0.000000000000000111. The van der Waals surface area contributed by atoms with E-state index in [0.29, 0.717) is 10.6 Å². The second-order valence-corrected chi connectivity index (χ2v) is 7.04. The van der Waals surface area contributed by atoms with Gasteiger partial charge in [-0.1, -0.05) is 24.4 Å². The molecular formula is C14H16Cl2INO. The molecule has 19 heavy (non-hydrogen) atoms. The predicted molar refractivity (Wildman–Crippen MR) is 88.2 cm³/mol. The van der Waals surface area contributed by atoms with Crippen molar-refractivity contribution in [2.45, 2.75) is 37.1 Å². The molecule has 0 aliphatic heterocycles. The summed E-state index contributed by atoms with van der Waals surface area (Å²) in [5.41, 5.74) is 0.627. The van der Waals surface area contributed by atoms with Crippen LogP contribution in [-0.4, -0.2) is 29.3 Å². The average molecular weight is 412 g/mol. The molecule has 0 saturated heterocycles.